The van der Waals surface area contributed by atoms with E-state index >= 15 is 0 Å². The maximum absolute atomic E-state index is 13.6. The molecule has 1 saturated heterocycles. The molecule has 1 aromatic carbocycles. The van der Waals surface area contributed by atoms with Crippen molar-refractivity contribution in [3.63, 3.8) is 0 Å². The molecule has 3 rings (SSSR count). The van der Waals surface area contributed by atoms with Crippen molar-refractivity contribution in [3.05, 3.63) is 24.0 Å². The zero-order chi connectivity index (χ0) is 15.0. The Morgan fingerprint density at radius 3 is 2.62 bits per heavy atom. The van der Waals surface area contributed by atoms with Crippen LogP contribution in [0, 0.1) is 11.7 Å². The van der Waals surface area contributed by atoms with Crippen LogP contribution in [0.1, 0.15) is 38.5 Å². The van der Waals surface area contributed by atoms with E-state index in [-0.39, 0.29) is 16.6 Å². The number of hydrogen-bond donors (Lipinski definition) is 1. The lowest BCUT2D eigenvalue weighted by molar-refractivity contribution is 0.129. The summed E-state index contributed by atoms with van der Waals surface area (Å²) in [6.45, 7) is 0.537. The second-order valence-electron chi connectivity index (χ2n) is 6.05. The number of anilines is 1. The van der Waals surface area contributed by atoms with Crippen molar-refractivity contribution < 1.29 is 12.8 Å². The van der Waals surface area contributed by atoms with Crippen molar-refractivity contribution >= 4 is 15.7 Å². The van der Waals surface area contributed by atoms with E-state index < -0.39 is 15.8 Å². The largest absolute Gasteiger partial charge is 0.396 e. The van der Waals surface area contributed by atoms with Crippen LogP contribution in [0.3, 0.4) is 0 Å². The average Bonchev–Trinajstić information content (AvgIpc) is 2.49. The molecule has 0 unspecified atom stereocenters. The summed E-state index contributed by atoms with van der Waals surface area (Å²) in [6.07, 6.45) is 6.27. The lowest BCUT2D eigenvalue weighted by Crippen LogP contribution is -2.49. The molecule has 1 aromatic rings. The first-order chi connectivity index (χ1) is 10.00. The van der Waals surface area contributed by atoms with Gasteiger partial charge in [0.15, 0.2) is 0 Å². The minimum atomic E-state index is -3.63. The van der Waals surface area contributed by atoms with Gasteiger partial charge in [-0.05, 0) is 49.8 Å². The number of benzene rings is 1. The normalized spacial score (nSPS) is 27.3. The van der Waals surface area contributed by atoms with Gasteiger partial charge in [-0.2, -0.15) is 4.31 Å². The Morgan fingerprint density at radius 2 is 1.86 bits per heavy atom. The number of nitrogen functional groups attached to an aromatic ring is 1. The fourth-order valence-corrected chi connectivity index (χ4v) is 5.45. The third kappa shape index (κ3) is 2.66. The molecule has 2 aliphatic rings. The molecule has 1 aliphatic heterocycles. The molecule has 6 heteroatoms. The van der Waals surface area contributed by atoms with Crippen LogP contribution in [0.2, 0.25) is 0 Å². The van der Waals surface area contributed by atoms with E-state index in [1.807, 2.05) is 0 Å². The van der Waals surface area contributed by atoms with E-state index in [0.29, 0.717) is 12.5 Å². The van der Waals surface area contributed by atoms with Crippen LogP contribution in [0.15, 0.2) is 23.1 Å². The van der Waals surface area contributed by atoms with Crippen LogP contribution in [0.25, 0.3) is 0 Å². The van der Waals surface area contributed by atoms with Gasteiger partial charge in [0.25, 0.3) is 0 Å². The Balaban J connectivity index is 1.94. The first-order valence-electron chi connectivity index (χ1n) is 7.57. The summed E-state index contributed by atoms with van der Waals surface area (Å²) >= 11 is 0. The molecule has 2 fully saturated rings. The van der Waals surface area contributed by atoms with Gasteiger partial charge in [-0.15, -0.1) is 0 Å². The van der Waals surface area contributed by atoms with Crippen LogP contribution in [-0.4, -0.2) is 25.3 Å². The number of halogens is 1. The molecule has 2 atom stereocenters. The summed E-state index contributed by atoms with van der Waals surface area (Å²) in [5.74, 6) is -0.214. The highest BCUT2D eigenvalue weighted by atomic mass is 32.2. The van der Waals surface area contributed by atoms with Crippen LogP contribution in [-0.2, 0) is 10.0 Å². The molecule has 0 radical (unpaired) electrons. The van der Waals surface area contributed by atoms with Gasteiger partial charge in [0.2, 0.25) is 10.0 Å². The van der Waals surface area contributed by atoms with Gasteiger partial charge in [0.05, 0.1) is 10.6 Å². The Labute approximate surface area is 125 Å². The molecule has 0 amide bonds. The zero-order valence-corrected chi connectivity index (χ0v) is 12.8. The Morgan fingerprint density at radius 1 is 1.14 bits per heavy atom. The van der Waals surface area contributed by atoms with Crippen LogP contribution < -0.4 is 5.73 Å². The average molecular weight is 312 g/mol. The third-order valence-corrected chi connectivity index (χ3v) is 6.69. The van der Waals surface area contributed by atoms with Gasteiger partial charge in [-0.1, -0.05) is 12.8 Å². The van der Waals surface area contributed by atoms with Crippen molar-refractivity contribution in [2.45, 2.75) is 49.5 Å². The van der Waals surface area contributed by atoms with Gasteiger partial charge >= 0.3 is 0 Å². The Kier molecular flexibility index (Phi) is 3.92. The highest BCUT2D eigenvalue weighted by Crippen LogP contribution is 2.38. The lowest BCUT2D eigenvalue weighted by Gasteiger charge is -2.43. The minimum Gasteiger partial charge on any atom is -0.396 e. The molecule has 2 N–H and O–H groups in total. The Bertz CT molecular complexity index is 631. The molecule has 1 aliphatic carbocycles. The monoisotopic (exact) mass is 312 g/mol. The Hall–Kier alpha value is -1.14. The maximum Gasteiger partial charge on any atom is 0.243 e. The van der Waals surface area contributed by atoms with Crippen molar-refractivity contribution in [2.75, 3.05) is 12.3 Å². The predicted molar refractivity (Wildman–Crippen MR) is 79.7 cm³/mol. The SMILES string of the molecule is Nc1ccc(S(=O)(=O)N2CCC[C@H]3CCCC[C@H]32)cc1F. The predicted octanol–water partition coefficient (Wildman–Crippen LogP) is 2.75. The minimum absolute atomic E-state index is 0.0143. The summed E-state index contributed by atoms with van der Waals surface area (Å²) in [5.41, 5.74) is 5.41. The van der Waals surface area contributed by atoms with Crippen molar-refractivity contribution in [2.24, 2.45) is 5.92 Å². The number of nitrogens with two attached hydrogens (primary N) is 1. The number of fused-ring (bicyclic) bond motifs is 1. The standard InChI is InChI=1S/C15H21FN2O2S/c16-13-10-12(7-8-14(13)17)21(19,20)18-9-3-5-11-4-1-2-6-15(11)18/h7-8,10-11,15H,1-6,9,17H2/t11-,15-/m1/s1. The van der Waals surface area contributed by atoms with Gasteiger partial charge < -0.3 is 5.73 Å². The van der Waals surface area contributed by atoms with Gasteiger partial charge in [-0.3, -0.25) is 0 Å². The van der Waals surface area contributed by atoms with E-state index in [1.165, 1.54) is 18.6 Å². The second-order valence-corrected chi connectivity index (χ2v) is 7.94. The smallest absolute Gasteiger partial charge is 0.243 e. The number of sulfonamides is 1. The molecule has 1 heterocycles. The fourth-order valence-electron chi connectivity index (χ4n) is 3.68. The van der Waals surface area contributed by atoms with Crippen molar-refractivity contribution in [1.29, 1.82) is 0 Å². The van der Waals surface area contributed by atoms with Crippen LogP contribution >= 0.6 is 0 Å². The molecule has 0 aromatic heterocycles. The summed E-state index contributed by atoms with van der Waals surface area (Å²) in [7, 11) is -3.63. The number of piperidine rings is 1. The highest BCUT2D eigenvalue weighted by molar-refractivity contribution is 7.89. The number of nitrogens with zero attached hydrogens (tertiary/aromatic N) is 1. The van der Waals surface area contributed by atoms with Crippen molar-refractivity contribution in [3.8, 4) is 0 Å². The van der Waals surface area contributed by atoms with Gasteiger partial charge in [0.1, 0.15) is 5.82 Å². The van der Waals surface area contributed by atoms with Gasteiger partial charge in [0, 0.05) is 12.6 Å². The molecule has 4 nitrogen and oxygen atoms in total. The summed E-state index contributed by atoms with van der Waals surface area (Å²) in [6, 6.07) is 3.85. The maximum atomic E-state index is 13.6. The highest BCUT2D eigenvalue weighted by Gasteiger charge is 2.39. The second kappa shape index (κ2) is 5.57. The van der Waals surface area contributed by atoms with Crippen molar-refractivity contribution in [1.82, 2.24) is 4.31 Å². The zero-order valence-electron chi connectivity index (χ0n) is 12.0. The van der Waals surface area contributed by atoms with E-state index in [4.69, 9.17) is 5.73 Å². The molecule has 0 bridgehead atoms. The summed E-state index contributed by atoms with van der Waals surface area (Å²) < 4.78 is 40.9. The lowest BCUT2D eigenvalue weighted by atomic mass is 9.79. The number of rotatable bonds is 2. The van der Waals surface area contributed by atoms with Crippen LogP contribution in [0.4, 0.5) is 10.1 Å². The van der Waals surface area contributed by atoms with Crippen LogP contribution in [0.5, 0.6) is 0 Å². The molecular formula is C15H21FN2O2S. The summed E-state index contributed by atoms with van der Waals surface area (Å²) in [5, 5.41) is 0. The molecule has 0 spiro atoms. The third-order valence-electron chi connectivity index (χ3n) is 4.77. The van der Waals surface area contributed by atoms with E-state index in [0.717, 1.165) is 38.2 Å². The van der Waals surface area contributed by atoms with E-state index in [9.17, 15) is 12.8 Å². The molecule has 1 saturated carbocycles. The molecule has 116 valence electrons. The topological polar surface area (TPSA) is 63.4 Å². The van der Waals surface area contributed by atoms with Gasteiger partial charge in [-0.25, -0.2) is 12.8 Å². The quantitative estimate of drug-likeness (QED) is 0.854. The number of hydrogen-bond acceptors (Lipinski definition) is 3. The fraction of sp³-hybridized carbons (Fsp3) is 0.600. The summed E-state index contributed by atoms with van der Waals surface area (Å²) in [4.78, 5) is 0.0143. The molecular weight excluding hydrogens is 291 g/mol. The van der Waals surface area contributed by atoms with E-state index in [2.05, 4.69) is 0 Å². The first kappa shape index (κ1) is 14.8. The van der Waals surface area contributed by atoms with E-state index in [1.54, 1.807) is 4.31 Å². The first-order valence-corrected chi connectivity index (χ1v) is 9.01. The molecule has 21 heavy (non-hydrogen) atoms.